The number of amides is 1. The van der Waals surface area contributed by atoms with Gasteiger partial charge in [-0.2, -0.15) is 13.2 Å². The molecule has 6 heteroatoms. The maximum atomic E-state index is 11.9. The molecule has 1 rings (SSSR count). The third-order valence-electron chi connectivity index (χ3n) is 2.51. The number of likely N-dealkylation sites (tertiary alicyclic amines) is 1. The molecular weight excluding hydrogens is 223 g/mol. The van der Waals surface area contributed by atoms with Crippen molar-refractivity contribution in [1.29, 1.82) is 0 Å². The van der Waals surface area contributed by atoms with Crippen molar-refractivity contribution in [1.82, 2.24) is 4.90 Å². The molecule has 0 aliphatic carbocycles. The van der Waals surface area contributed by atoms with E-state index >= 15 is 0 Å². The van der Waals surface area contributed by atoms with Gasteiger partial charge in [0.05, 0.1) is 0 Å². The van der Waals surface area contributed by atoms with E-state index in [-0.39, 0.29) is 5.91 Å². The number of ether oxygens (including phenoxy) is 1. The molecule has 94 valence electrons. The number of rotatable bonds is 3. The van der Waals surface area contributed by atoms with Crippen molar-refractivity contribution < 1.29 is 22.7 Å². The molecule has 0 saturated carbocycles. The van der Waals surface area contributed by atoms with Crippen LogP contribution in [0.4, 0.5) is 13.2 Å². The van der Waals surface area contributed by atoms with Crippen LogP contribution in [-0.4, -0.2) is 42.8 Å². The average molecular weight is 239 g/mol. The number of halogens is 3. The molecule has 0 aromatic carbocycles. The fourth-order valence-corrected chi connectivity index (χ4v) is 1.66. The highest BCUT2D eigenvalue weighted by atomic mass is 19.4. The van der Waals surface area contributed by atoms with Gasteiger partial charge in [-0.3, -0.25) is 4.79 Å². The largest absolute Gasteiger partial charge is 0.411 e. The summed E-state index contributed by atoms with van der Waals surface area (Å²) in [4.78, 5) is 13.2. The summed E-state index contributed by atoms with van der Waals surface area (Å²) in [6, 6.07) is 0. The Kier molecular flexibility index (Phi) is 4.58. The zero-order valence-corrected chi connectivity index (χ0v) is 9.22. The Bertz CT molecular complexity index is 237. The van der Waals surface area contributed by atoms with Crippen molar-refractivity contribution >= 4 is 5.91 Å². The molecule has 1 fully saturated rings. The second-order valence-corrected chi connectivity index (χ2v) is 3.95. The maximum absolute atomic E-state index is 11.9. The summed E-state index contributed by atoms with van der Waals surface area (Å²) < 4.78 is 40.1. The van der Waals surface area contributed by atoms with Crippen LogP contribution in [0.5, 0.6) is 0 Å². The molecule has 1 saturated heterocycles. The molecule has 1 aliphatic rings. The molecule has 1 atom stereocenters. The van der Waals surface area contributed by atoms with E-state index < -0.39 is 18.9 Å². The normalized spacial score (nSPS) is 19.6. The first-order chi connectivity index (χ1) is 7.40. The summed E-state index contributed by atoms with van der Waals surface area (Å²) in [7, 11) is 0. The molecule has 0 spiro atoms. The van der Waals surface area contributed by atoms with Gasteiger partial charge in [0.2, 0.25) is 0 Å². The number of hydrogen-bond donors (Lipinski definition) is 0. The molecule has 16 heavy (non-hydrogen) atoms. The highest BCUT2D eigenvalue weighted by Crippen LogP contribution is 2.17. The first-order valence-electron chi connectivity index (χ1n) is 5.37. The van der Waals surface area contributed by atoms with E-state index in [4.69, 9.17) is 0 Å². The fourth-order valence-electron chi connectivity index (χ4n) is 1.66. The van der Waals surface area contributed by atoms with Crippen molar-refractivity contribution in [3.05, 3.63) is 0 Å². The maximum Gasteiger partial charge on any atom is 0.411 e. The third kappa shape index (κ3) is 4.38. The Morgan fingerprint density at radius 3 is 2.38 bits per heavy atom. The molecular formula is C10H16F3NO2. The van der Waals surface area contributed by atoms with Crippen LogP contribution < -0.4 is 0 Å². The van der Waals surface area contributed by atoms with Gasteiger partial charge in [-0.25, -0.2) is 0 Å². The highest BCUT2D eigenvalue weighted by Gasteiger charge is 2.31. The van der Waals surface area contributed by atoms with E-state index in [2.05, 4.69) is 4.74 Å². The summed E-state index contributed by atoms with van der Waals surface area (Å²) >= 11 is 0. The predicted octanol–water partition coefficient (Wildman–Crippen LogP) is 1.97. The fraction of sp³-hybridized carbons (Fsp3) is 0.900. The first kappa shape index (κ1) is 13.3. The van der Waals surface area contributed by atoms with Crippen molar-refractivity contribution in [2.75, 3.05) is 19.7 Å². The van der Waals surface area contributed by atoms with E-state index in [1.165, 1.54) is 6.92 Å². The molecule has 1 heterocycles. The van der Waals surface area contributed by atoms with Gasteiger partial charge in [-0.1, -0.05) is 0 Å². The number of nitrogens with zero attached hydrogens (tertiary/aromatic N) is 1. The second-order valence-electron chi connectivity index (χ2n) is 3.95. The topological polar surface area (TPSA) is 29.5 Å². The van der Waals surface area contributed by atoms with Gasteiger partial charge >= 0.3 is 6.18 Å². The van der Waals surface area contributed by atoms with Crippen LogP contribution in [0.1, 0.15) is 26.2 Å². The van der Waals surface area contributed by atoms with Crippen molar-refractivity contribution in [2.45, 2.75) is 38.5 Å². The Balaban J connectivity index is 2.34. The standard InChI is InChI=1S/C10H16F3NO2/c1-8(16-7-10(11,12)13)9(15)14-5-3-2-4-6-14/h8H,2-7H2,1H3. The van der Waals surface area contributed by atoms with Crippen LogP contribution in [0.3, 0.4) is 0 Å². The molecule has 0 bridgehead atoms. The van der Waals surface area contributed by atoms with Gasteiger partial charge in [0.25, 0.3) is 5.91 Å². The van der Waals surface area contributed by atoms with Crippen LogP contribution >= 0.6 is 0 Å². The smallest absolute Gasteiger partial charge is 0.359 e. The molecule has 0 aromatic heterocycles. The Morgan fingerprint density at radius 2 is 1.88 bits per heavy atom. The van der Waals surface area contributed by atoms with Crippen LogP contribution in [0.25, 0.3) is 0 Å². The number of carbonyl (C=O) groups excluding carboxylic acids is 1. The lowest BCUT2D eigenvalue weighted by atomic mass is 10.1. The third-order valence-corrected chi connectivity index (χ3v) is 2.51. The first-order valence-corrected chi connectivity index (χ1v) is 5.37. The van der Waals surface area contributed by atoms with Crippen LogP contribution in [0.15, 0.2) is 0 Å². The molecule has 3 nitrogen and oxygen atoms in total. The molecule has 1 amide bonds. The van der Waals surface area contributed by atoms with Gasteiger partial charge < -0.3 is 9.64 Å². The lowest BCUT2D eigenvalue weighted by molar-refractivity contribution is -0.188. The van der Waals surface area contributed by atoms with Gasteiger partial charge in [0.1, 0.15) is 12.7 Å². The number of carbonyl (C=O) groups is 1. The van der Waals surface area contributed by atoms with Gasteiger partial charge in [0.15, 0.2) is 0 Å². The molecule has 1 aliphatic heterocycles. The summed E-state index contributed by atoms with van der Waals surface area (Å²) in [5, 5.41) is 0. The Labute approximate surface area is 92.5 Å². The predicted molar refractivity (Wildman–Crippen MR) is 51.9 cm³/mol. The van der Waals surface area contributed by atoms with Crippen LogP contribution in [0.2, 0.25) is 0 Å². The Morgan fingerprint density at radius 1 is 1.31 bits per heavy atom. The van der Waals surface area contributed by atoms with E-state index in [1.54, 1.807) is 4.90 Å². The minimum atomic E-state index is -4.38. The minimum Gasteiger partial charge on any atom is -0.359 e. The molecule has 0 radical (unpaired) electrons. The zero-order valence-electron chi connectivity index (χ0n) is 9.22. The van der Waals surface area contributed by atoms with E-state index in [1.807, 2.05) is 0 Å². The van der Waals surface area contributed by atoms with Gasteiger partial charge in [0, 0.05) is 13.1 Å². The van der Waals surface area contributed by atoms with E-state index in [0.29, 0.717) is 13.1 Å². The lowest BCUT2D eigenvalue weighted by Crippen LogP contribution is -2.42. The zero-order chi connectivity index (χ0) is 12.2. The average Bonchev–Trinajstić information content (AvgIpc) is 2.25. The number of alkyl halides is 3. The van der Waals surface area contributed by atoms with Crippen LogP contribution in [0, 0.1) is 0 Å². The van der Waals surface area contributed by atoms with Crippen LogP contribution in [-0.2, 0) is 9.53 Å². The Hall–Kier alpha value is -0.780. The van der Waals surface area contributed by atoms with Crippen molar-refractivity contribution in [3.8, 4) is 0 Å². The van der Waals surface area contributed by atoms with E-state index in [9.17, 15) is 18.0 Å². The molecule has 1 unspecified atom stereocenters. The number of piperidine rings is 1. The van der Waals surface area contributed by atoms with Gasteiger partial charge in [-0.15, -0.1) is 0 Å². The monoisotopic (exact) mass is 239 g/mol. The summed E-state index contributed by atoms with van der Waals surface area (Å²) in [6.45, 7) is 1.24. The summed E-state index contributed by atoms with van der Waals surface area (Å²) in [5.41, 5.74) is 0. The quantitative estimate of drug-likeness (QED) is 0.753. The SMILES string of the molecule is CC(OCC(F)(F)F)C(=O)N1CCCCC1. The van der Waals surface area contributed by atoms with E-state index in [0.717, 1.165) is 19.3 Å². The lowest BCUT2D eigenvalue weighted by Gasteiger charge is -2.29. The highest BCUT2D eigenvalue weighted by molar-refractivity contribution is 5.80. The molecule has 0 aromatic rings. The summed E-state index contributed by atoms with van der Waals surface area (Å²) in [5.74, 6) is -0.344. The van der Waals surface area contributed by atoms with Gasteiger partial charge in [-0.05, 0) is 26.2 Å². The summed E-state index contributed by atoms with van der Waals surface area (Å²) in [6.07, 6.45) is -2.49. The van der Waals surface area contributed by atoms with Crippen molar-refractivity contribution in [3.63, 3.8) is 0 Å². The van der Waals surface area contributed by atoms with Crippen molar-refractivity contribution in [2.24, 2.45) is 0 Å². The second kappa shape index (κ2) is 5.52. The number of hydrogen-bond acceptors (Lipinski definition) is 2. The molecule has 0 N–H and O–H groups in total. The minimum absolute atomic E-state index is 0.344.